The Bertz CT molecular complexity index is 771. The lowest BCUT2D eigenvalue weighted by molar-refractivity contribution is -0.136. The molecule has 4 nitrogen and oxygen atoms in total. The fraction of sp³-hybridized carbons (Fsp3) is 0.263. The summed E-state index contributed by atoms with van der Waals surface area (Å²) in [6, 6.07) is 5.72. The van der Waals surface area contributed by atoms with E-state index in [1.807, 2.05) is 6.92 Å². The predicted molar refractivity (Wildman–Crippen MR) is 86.0 cm³/mol. The third kappa shape index (κ3) is 3.02. The molecule has 1 aromatic rings. The van der Waals surface area contributed by atoms with Crippen LogP contribution in [0.15, 0.2) is 54.0 Å². The minimum atomic E-state index is -0.508. The molecule has 1 aliphatic carbocycles. The zero-order valence-corrected chi connectivity index (χ0v) is 13.4. The van der Waals surface area contributed by atoms with Crippen LogP contribution in [0, 0.1) is 11.7 Å². The van der Waals surface area contributed by atoms with Crippen LogP contribution in [0.4, 0.5) is 4.39 Å². The zero-order valence-electron chi connectivity index (χ0n) is 13.4. The molecular formula is C19H17FO4. The van der Waals surface area contributed by atoms with E-state index in [9.17, 15) is 14.0 Å². The third-order valence-electron chi connectivity index (χ3n) is 4.07. The quantitative estimate of drug-likeness (QED) is 0.796. The van der Waals surface area contributed by atoms with Crippen LogP contribution in [0.3, 0.4) is 0 Å². The average molecular weight is 328 g/mol. The highest BCUT2D eigenvalue weighted by atomic mass is 19.1. The SMILES string of the molecule is CCC1=C[C@@H]2C(=O)C(c3ccc(F)cc3)=CO[C@H]2C=C1OC(C)=O. The number of hydrogen-bond acceptors (Lipinski definition) is 4. The van der Waals surface area contributed by atoms with Crippen LogP contribution in [-0.2, 0) is 19.1 Å². The lowest BCUT2D eigenvalue weighted by Crippen LogP contribution is -2.34. The van der Waals surface area contributed by atoms with Gasteiger partial charge in [0.1, 0.15) is 17.7 Å². The summed E-state index contributed by atoms with van der Waals surface area (Å²) in [5.41, 5.74) is 1.82. The molecule has 0 fully saturated rings. The van der Waals surface area contributed by atoms with Crippen LogP contribution in [-0.4, -0.2) is 17.9 Å². The number of carbonyl (C=O) groups excluding carboxylic acids is 2. The summed E-state index contributed by atoms with van der Waals surface area (Å²) in [6.07, 6.45) is 4.98. The number of halogens is 1. The van der Waals surface area contributed by atoms with Crippen LogP contribution < -0.4 is 0 Å². The Hall–Kier alpha value is -2.69. The lowest BCUT2D eigenvalue weighted by Gasteiger charge is -2.31. The molecule has 5 heteroatoms. The summed E-state index contributed by atoms with van der Waals surface area (Å²) < 4.78 is 23.9. The summed E-state index contributed by atoms with van der Waals surface area (Å²) in [6.45, 7) is 3.26. The Morgan fingerprint density at radius 1 is 1.25 bits per heavy atom. The van der Waals surface area contributed by atoms with Gasteiger partial charge in [0.05, 0.1) is 17.8 Å². The van der Waals surface area contributed by atoms with E-state index in [2.05, 4.69) is 0 Å². The molecule has 0 bridgehead atoms. The standard InChI is InChI=1S/C19H17FO4/c1-3-12-8-15-18(9-17(12)24-11(2)21)23-10-16(19(15)22)13-4-6-14(20)7-5-13/h4-10,15,18H,3H2,1-2H3/t15-,18-/m0/s1. The third-order valence-corrected chi connectivity index (χ3v) is 4.07. The summed E-state index contributed by atoms with van der Waals surface area (Å²) in [5.74, 6) is -0.908. The molecular weight excluding hydrogens is 311 g/mol. The largest absolute Gasteiger partial charge is 0.492 e. The Morgan fingerprint density at radius 2 is 1.96 bits per heavy atom. The van der Waals surface area contributed by atoms with Gasteiger partial charge < -0.3 is 9.47 Å². The van der Waals surface area contributed by atoms with Crippen LogP contribution in [0.5, 0.6) is 0 Å². The number of rotatable bonds is 3. The maximum atomic E-state index is 13.1. The second-order valence-corrected chi connectivity index (χ2v) is 5.70. The molecule has 0 N–H and O–H groups in total. The summed E-state index contributed by atoms with van der Waals surface area (Å²) >= 11 is 0. The van der Waals surface area contributed by atoms with Crippen molar-refractivity contribution in [1.82, 2.24) is 0 Å². The first kappa shape index (κ1) is 16.2. The highest BCUT2D eigenvalue weighted by Gasteiger charge is 2.37. The van der Waals surface area contributed by atoms with E-state index >= 15 is 0 Å². The van der Waals surface area contributed by atoms with E-state index < -0.39 is 18.0 Å². The van der Waals surface area contributed by atoms with Crippen molar-refractivity contribution in [3.05, 3.63) is 65.4 Å². The topological polar surface area (TPSA) is 52.6 Å². The van der Waals surface area contributed by atoms with Crippen molar-refractivity contribution >= 4 is 17.3 Å². The molecule has 0 spiro atoms. The molecule has 3 rings (SSSR count). The molecule has 1 aromatic carbocycles. The summed E-state index contributed by atoms with van der Waals surface area (Å²) in [4.78, 5) is 24.0. The second kappa shape index (κ2) is 6.43. The molecule has 0 aromatic heterocycles. The Kier molecular flexibility index (Phi) is 4.34. The van der Waals surface area contributed by atoms with Gasteiger partial charge in [0.15, 0.2) is 5.78 Å². The van der Waals surface area contributed by atoms with Crippen molar-refractivity contribution in [2.24, 2.45) is 5.92 Å². The lowest BCUT2D eigenvalue weighted by atomic mass is 9.82. The first-order valence-corrected chi connectivity index (χ1v) is 7.76. The van der Waals surface area contributed by atoms with Gasteiger partial charge >= 0.3 is 5.97 Å². The predicted octanol–water partition coefficient (Wildman–Crippen LogP) is 3.55. The van der Waals surface area contributed by atoms with Crippen LogP contribution >= 0.6 is 0 Å². The normalized spacial score (nSPS) is 22.6. The van der Waals surface area contributed by atoms with Gasteiger partial charge in [-0.25, -0.2) is 4.39 Å². The van der Waals surface area contributed by atoms with E-state index in [1.165, 1.54) is 25.3 Å². The van der Waals surface area contributed by atoms with E-state index in [1.54, 1.807) is 24.3 Å². The molecule has 2 aliphatic rings. The molecule has 1 aliphatic heterocycles. The van der Waals surface area contributed by atoms with Gasteiger partial charge in [-0.2, -0.15) is 0 Å². The first-order valence-electron chi connectivity index (χ1n) is 7.76. The van der Waals surface area contributed by atoms with Crippen LogP contribution in [0.25, 0.3) is 5.57 Å². The van der Waals surface area contributed by atoms with Crippen molar-refractivity contribution in [3.63, 3.8) is 0 Å². The van der Waals surface area contributed by atoms with Crippen molar-refractivity contribution in [2.45, 2.75) is 26.4 Å². The molecule has 1 heterocycles. The highest BCUT2D eigenvalue weighted by molar-refractivity contribution is 6.23. The van der Waals surface area contributed by atoms with E-state index in [0.29, 0.717) is 23.3 Å². The molecule has 0 saturated carbocycles. The Morgan fingerprint density at radius 3 is 2.58 bits per heavy atom. The summed E-state index contributed by atoms with van der Waals surface area (Å²) in [5, 5.41) is 0. The number of esters is 1. The minimum Gasteiger partial charge on any atom is -0.492 e. The number of Topliss-reactive ketones (excluding diaryl/α,β-unsaturated/α-hetero) is 1. The highest BCUT2D eigenvalue weighted by Crippen LogP contribution is 2.35. The molecule has 0 amide bonds. The number of hydrogen-bond donors (Lipinski definition) is 0. The maximum absolute atomic E-state index is 13.1. The van der Waals surface area contributed by atoms with Gasteiger partial charge in [-0.05, 0) is 29.7 Å². The van der Waals surface area contributed by atoms with Gasteiger partial charge in [0.25, 0.3) is 0 Å². The zero-order chi connectivity index (χ0) is 17.3. The number of ether oxygens (including phenoxy) is 2. The molecule has 0 saturated heterocycles. The number of carbonyl (C=O) groups is 2. The molecule has 124 valence electrons. The molecule has 24 heavy (non-hydrogen) atoms. The fourth-order valence-electron chi connectivity index (χ4n) is 2.87. The van der Waals surface area contributed by atoms with Gasteiger partial charge in [0, 0.05) is 13.0 Å². The fourth-order valence-corrected chi connectivity index (χ4v) is 2.87. The van der Waals surface area contributed by atoms with Crippen molar-refractivity contribution in [3.8, 4) is 0 Å². The molecule has 0 unspecified atom stereocenters. The van der Waals surface area contributed by atoms with Gasteiger partial charge in [0.2, 0.25) is 0 Å². The van der Waals surface area contributed by atoms with Crippen molar-refractivity contribution in [1.29, 1.82) is 0 Å². The van der Waals surface area contributed by atoms with E-state index in [0.717, 1.165) is 5.57 Å². The number of fused-ring (bicyclic) bond motifs is 1. The van der Waals surface area contributed by atoms with Crippen molar-refractivity contribution < 1.29 is 23.5 Å². The van der Waals surface area contributed by atoms with E-state index in [-0.39, 0.29) is 11.6 Å². The van der Waals surface area contributed by atoms with Gasteiger partial charge in [-0.3, -0.25) is 9.59 Å². The maximum Gasteiger partial charge on any atom is 0.308 e. The Balaban J connectivity index is 1.93. The number of ketones is 1. The van der Waals surface area contributed by atoms with E-state index in [4.69, 9.17) is 9.47 Å². The Labute approximate surface area is 139 Å². The monoisotopic (exact) mass is 328 g/mol. The number of allylic oxidation sites excluding steroid dienone is 2. The number of benzene rings is 1. The van der Waals surface area contributed by atoms with Crippen LogP contribution in [0.2, 0.25) is 0 Å². The first-order chi connectivity index (χ1) is 11.5. The van der Waals surface area contributed by atoms with Gasteiger partial charge in [-0.1, -0.05) is 25.1 Å². The minimum absolute atomic E-state index is 0.0954. The molecule has 0 radical (unpaired) electrons. The van der Waals surface area contributed by atoms with Gasteiger partial charge in [-0.15, -0.1) is 0 Å². The van der Waals surface area contributed by atoms with Crippen molar-refractivity contribution in [2.75, 3.05) is 0 Å². The van der Waals surface area contributed by atoms with Crippen LogP contribution in [0.1, 0.15) is 25.8 Å². The molecule has 2 atom stereocenters. The average Bonchev–Trinajstić information content (AvgIpc) is 2.55. The smallest absolute Gasteiger partial charge is 0.308 e. The summed E-state index contributed by atoms with van der Waals surface area (Å²) in [7, 11) is 0. The second-order valence-electron chi connectivity index (χ2n) is 5.70.